The monoisotopic (exact) mass is 370 g/mol. The number of rotatable bonds is 4. The van der Waals surface area contributed by atoms with Crippen molar-refractivity contribution in [2.75, 3.05) is 4.90 Å². The number of hydrogen-bond donors (Lipinski definition) is 0. The average molecular weight is 370 g/mol. The number of nitro benzene ring substituents is 1. The highest BCUT2D eigenvalue weighted by Crippen LogP contribution is 2.36. The first kappa shape index (κ1) is 17.0. The Kier molecular flexibility index (Phi) is 4.73. The molecule has 6 nitrogen and oxygen atoms in total. The van der Waals surface area contributed by atoms with Crippen molar-refractivity contribution in [2.45, 2.75) is 0 Å². The summed E-state index contributed by atoms with van der Waals surface area (Å²) in [4.78, 5) is 35.3. The molecule has 0 unspecified atom stereocenters. The number of carbonyl (C=O) groups excluding carboxylic acids is 2. The van der Waals surface area contributed by atoms with Crippen LogP contribution in [0.15, 0.2) is 53.4 Å². The smallest absolute Gasteiger partial charge is 0.270 e. The number of carbonyl (C=O) groups is 2. The van der Waals surface area contributed by atoms with E-state index in [-0.39, 0.29) is 11.6 Å². The molecule has 25 heavy (non-hydrogen) atoms. The molecule has 2 aromatic carbocycles. The predicted octanol–water partition coefficient (Wildman–Crippen LogP) is 3.81. The van der Waals surface area contributed by atoms with Crippen LogP contribution in [0.3, 0.4) is 0 Å². The van der Waals surface area contributed by atoms with Gasteiger partial charge < -0.3 is 0 Å². The molecule has 1 fully saturated rings. The Morgan fingerprint density at radius 1 is 1.04 bits per heavy atom. The number of anilines is 1. The first-order valence-corrected chi connectivity index (χ1v) is 8.30. The van der Waals surface area contributed by atoms with E-state index in [2.05, 4.69) is 0 Å². The summed E-state index contributed by atoms with van der Waals surface area (Å²) in [5.74, 6) is -0.289. The third-order valence-corrected chi connectivity index (χ3v) is 4.78. The van der Waals surface area contributed by atoms with Gasteiger partial charge in [-0.1, -0.05) is 48.2 Å². The summed E-state index contributed by atoms with van der Waals surface area (Å²) in [5, 5.41) is 10.7. The van der Waals surface area contributed by atoms with Crippen LogP contribution in [0.5, 0.6) is 0 Å². The summed E-state index contributed by atoms with van der Waals surface area (Å²) in [7, 11) is 0. The molecule has 3 rings (SSSR count). The highest BCUT2D eigenvalue weighted by molar-refractivity contribution is 8.27. The zero-order valence-corrected chi connectivity index (χ0v) is 14.3. The van der Waals surface area contributed by atoms with Crippen LogP contribution in [0.25, 0.3) is 6.08 Å². The SMILES string of the molecule is O=Cc1ccc(/C=C2\SC(=S)N(c3ccc([N+](=O)[O-])cc3)C2=O)cc1. The maximum atomic E-state index is 12.6. The van der Waals surface area contributed by atoms with E-state index < -0.39 is 4.92 Å². The van der Waals surface area contributed by atoms with Gasteiger partial charge in [-0.05, 0) is 23.8 Å². The molecule has 124 valence electrons. The van der Waals surface area contributed by atoms with Gasteiger partial charge in [0.2, 0.25) is 0 Å². The Morgan fingerprint density at radius 3 is 2.20 bits per heavy atom. The molecule has 0 N–H and O–H groups in total. The fourth-order valence-electron chi connectivity index (χ4n) is 2.24. The van der Waals surface area contributed by atoms with Crippen molar-refractivity contribution >= 4 is 57.9 Å². The molecule has 0 atom stereocenters. The van der Waals surface area contributed by atoms with Gasteiger partial charge >= 0.3 is 0 Å². The fourth-order valence-corrected chi connectivity index (χ4v) is 3.53. The van der Waals surface area contributed by atoms with E-state index in [0.29, 0.717) is 20.5 Å². The number of benzene rings is 2. The van der Waals surface area contributed by atoms with Crippen LogP contribution in [0.1, 0.15) is 15.9 Å². The molecular formula is C17H10N2O4S2. The number of thioether (sulfide) groups is 1. The third-order valence-electron chi connectivity index (χ3n) is 3.48. The number of aldehydes is 1. The van der Waals surface area contributed by atoms with E-state index in [1.165, 1.54) is 29.2 Å². The Hall–Kier alpha value is -2.84. The second kappa shape index (κ2) is 6.96. The Bertz CT molecular complexity index is 905. The van der Waals surface area contributed by atoms with Crippen molar-refractivity contribution in [3.63, 3.8) is 0 Å². The normalized spacial score (nSPS) is 15.7. The molecule has 1 aliphatic rings. The van der Waals surface area contributed by atoms with Gasteiger partial charge in [-0.15, -0.1) is 0 Å². The predicted molar refractivity (Wildman–Crippen MR) is 101 cm³/mol. The second-order valence-electron chi connectivity index (χ2n) is 5.08. The summed E-state index contributed by atoms with van der Waals surface area (Å²) in [6.45, 7) is 0. The number of thiocarbonyl (C=S) groups is 1. The first-order valence-electron chi connectivity index (χ1n) is 7.07. The summed E-state index contributed by atoms with van der Waals surface area (Å²) < 4.78 is 0.356. The van der Waals surface area contributed by atoms with E-state index in [4.69, 9.17) is 12.2 Å². The maximum Gasteiger partial charge on any atom is 0.270 e. The molecule has 0 aromatic heterocycles. The van der Waals surface area contributed by atoms with Crippen LogP contribution in [-0.2, 0) is 4.79 Å². The van der Waals surface area contributed by atoms with Gasteiger partial charge in [0.05, 0.1) is 15.5 Å². The van der Waals surface area contributed by atoms with Gasteiger partial charge in [-0.3, -0.25) is 24.6 Å². The molecule has 1 saturated heterocycles. The Labute approximate surface area is 152 Å². The summed E-state index contributed by atoms with van der Waals surface area (Å²) >= 11 is 6.42. The lowest BCUT2D eigenvalue weighted by Crippen LogP contribution is -2.27. The zero-order valence-electron chi connectivity index (χ0n) is 12.6. The minimum absolute atomic E-state index is 0.0556. The van der Waals surface area contributed by atoms with Crippen molar-refractivity contribution in [3.05, 3.63) is 74.7 Å². The van der Waals surface area contributed by atoms with E-state index in [9.17, 15) is 19.7 Å². The molecule has 1 heterocycles. The number of non-ortho nitro benzene ring substituents is 1. The standard InChI is InChI=1S/C17H10N2O4S2/c20-10-12-3-1-11(2-4-12)9-15-16(21)18(17(24)25-15)13-5-7-14(8-6-13)19(22)23/h1-10H/b15-9-. The van der Waals surface area contributed by atoms with Gasteiger partial charge in [-0.2, -0.15) is 0 Å². The van der Waals surface area contributed by atoms with Gasteiger partial charge in [0.1, 0.15) is 6.29 Å². The van der Waals surface area contributed by atoms with Crippen molar-refractivity contribution in [3.8, 4) is 0 Å². The topological polar surface area (TPSA) is 80.5 Å². The van der Waals surface area contributed by atoms with Crippen LogP contribution in [0, 0.1) is 10.1 Å². The molecule has 0 radical (unpaired) electrons. The maximum absolute atomic E-state index is 12.6. The van der Waals surface area contributed by atoms with Gasteiger partial charge in [0.25, 0.3) is 11.6 Å². The second-order valence-corrected chi connectivity index (χ2v) is 6.75. The van der Waals surface area contributed by atoms with Crippen LogP contribution in [0.2, 0.25) is 0 Å². The summed E-state index contributed by atoms with van der Waals surface area (Å²) in [6.07, 6.45) is 2.44. The lowest BCUT2D eigenvalue weighted by molar-refractivity contribution is -0.384. The Balaban J connectivity index is 1.87. The highest BCUT2D eigenvalue weighted by atomic mass is 32.2. The molecular weight excluding hydrogens is 360 g/mol. The molecule has 2 aromatic rings. The molecule has 1 amide bonds. The minimum atomic E-state index is -0.503. The molecule has 1 aliphatic heterocycles. The molecule has 0 saturated carbocycles. The number of hydrogen-bond acceptors (Lipinski definition) is 6. The van der Waals surface area contributed by atoms with Gasteiger partial charge in [0.15, 0.2) is 4.32 Å². The number of amides is 1. The van der Waals surface area contributed by atoms with Gasteiger partial charge in [-0.25, -0.2) is 0 Å². The van der Waals surface area contributed by atoms with Crippen LogP contribution in [0.4, 0.5) is 11.4 Å². The van der Waals surface area contributed by atoms with Crippen molar-refractivity contribution in [2.24, 2.45) is 0 Å². The van der Waals surface area contributed by atoms with Crippen molar-refractivity contribution in [1.82, 2.24) is 0 Å². The number of nitrogens with zero attached hydrogens (tertiary/aromatic N) is 2. The highest BCUT2D eigenvalue weighted by Gasteiger charge is 2.33. The van der Waals surface area contributed by atoms with Crippen molar-refractivity contribution in [1.29, 1.82) is 0 Å². The van der Waals surface area contributed by atoms with Crippen molar-refractivity contribution < 1.29 is 14.5 Å². The minimum Gasteiger partial charge on any atom is -0.298 e. The van der Waals surface area contributed by atoms with E-state index in [0.717, 1.165) is 23.6 Å². The van der Waals surface area contributed by atoms with E-state index >= 15 is 0 Å². The van der Waals surface area contributed by atoms with E-state index in [1.54, 1.807) is 30.3 Å². The van der Waals surface area contributed by atoms with Crippen LogP contribution >= 0.6 is 24.0 Å². The quantitative estimate of drug-likeness (QED) is 0.268. The third kappa shape index (κ3) is 3.49. The zero-order chi connectivity index (χ0) is 18.0. The molecule has 0 bridgehead atoms. The lowest BCUT2D eigenvalue weighted by Gasteiger charge is -2.13. The van der Waals surface area contributed by atoms with E-state index in [1.807, 2.05) is 0 Å². The van der Waals surface area contributed by atoms with Crippen LogP contribution in [-0.4, -0.2) is 21.4 Å². The average Bonchev–Trinajstić information content (AvgIpc) is 2.89. The first-order chi connectivity index (χ1) is 12.0. The summed E-state index contributed by atoms with van der Waals surface area (Å²) in [6, 6.07) is 12.4. The van der Waals surface area contributed by atoms with Crippen LogP contribution < -0.4 is 4.90 Å². The molecule has 0 aliphatic carbocycles. The van der Waals surface area contributed by atoms with Gasteiger partial charge in [0, 0.05) is 17.7 Å². The Morgan fingerprint density at radius 2 is 1.64 bits per heavy atom. The molecule has 8 heteroatoms. The summed E-state index contributed by atoms with van der Waals surface area (Å²) in [5.41, 5.74) is 1.75. The molecule has 0 spiro atoms. The fraction of sp³-hybridized carbons (Fsp3) is 0. The largest absolute Gasteiger partial charge is 0.298 e. The lowest BCUT2D eigenvalue weighted by atomic mass is 10.1. The number of nitro groups is 1.